The van der Waals surface area contributed by atoms with E-state index < -0.39 is 23.4 Å². The number of fused-ring (bicyclic) bond motifs is 1. The molecule has 2 fully saturated rings. The van der Waals surface area contributed by atoms with E-state index in [2.05, 4.69) is 15.2 Å². The zero-order valence-corrected chi connectivity index (χ0v) is 20.0. The number of benzene rings is 2. The molecule has 0 aliphatic carbocycles. The molecule has 0 bridgehead atoms. The van der Waals surface area contributed by atoms with Gasteiger partial charge in [0.2, 0.25) is 0 Å². The molecule has 0 spiro atoms. The summed E-state index contributed by atoms with van der Waals surface area (Å²) in [4.78, 5) is 21.8. The maximum atomic E-state index is 15.3. The third-order valence-corrected chi connectivity index (χ3v) is 6.86. The number of carbonyl (C=O) groups excluding carboxylic acids is 1. The van der Waals surface area contributed by atoms with Crippen molar-refractivity contribution in [2.45, 2.75) is 19.4 Å². The van der Waals surface area contributed by atoms with Crippen LogP contribution in [-0.2, 0) is 11.3 Å². The second kappa shape index (κ2) is 10.9. The molecule has 1 aromatic heterocycles. The molecular formula is C27H29F3N4O2. The van der Waals surface area contributed by atoms with Crippen LogP contribution in [0.3, 0.4) is 0 Å². The summed E-state index contributed by atoms with van der Waals surface area (Å²) in [5.41, 5.74) is 0.827. The van der Waals surface area contributed by atoms with E-state index in [1.165, 1.54) is 30.3 Å². The van der Waals surface area contributed by atoms with Crippen molar-refractivity contribution in [3.05, 3.63) is 65.0 Å². The Bertz CT molecular complexity index is 1260. The first-order valence-corrected chi connectivity index (χ1v) is 12.4. The lowest BCUT2D eigenvalue weighted by molar-refractivity contribution is 0.0336. The SMILES string of the molecule is O=C(NCCN1CCCC1)c1cc(-c2ccc(CN3CCOCC3)c(F)c2F)nc2ccc(F)cc12. The second-order valence-electron chi connectivity index (χ2n) is 9.31. The quantitative estimate of drug-likeness (QED) is 0.534. The first-order chi connectivity index (χ1) is 17.5. The Balaban J connectivity index is 1.44. The Kier molecular flexibility index (Phi) is 7.50. The van der Waals surface area contributed by atoms with Crippen molar-refractivity contribution < 1.29 is 22.7 Å². The average Bonchev–Trinajstić information content (AvgIpc) is 3.40. The number of likely N-dealkylation sites (tertiary alicyclic amines) is 1. The maximum absolute atomic E-state index is 15.3. The Morgan fingerprint density at radius 3 is 2.50 bits per heavy atom. The number of pyridine rings is 1. The fraction of sp³-hybridized carbons (Fsp3) is 0.407. The van der Waals surface area contributed by atoms with Crippen LogP contribution in [0.4, 0.5) is 13.2 Å². The highest BCUT2D eigenvalue weighted by Crippen LogP contribution is 2.30. The molecule has 0 radical (unpaired) electrons. The second-order valence-corrected chi connectivity index (χ2v) is 9.31. The summed E-state index contributed by atoms with van der Waals surface area (Å²) >= 11 is 0. The number of nitrogens with one attached hydrogen (secondary N) is 1. The number of hydrogen-bond donors (Lipinski definition) is 1. The van der Waals surface area contributed by atoms with E-state index in [0.717, 1.165) is 32.5 Å². The van der Waals surface area contributed by atoms with Crippen molar-refractivity contribution in [3.63, 3.8) is 0 Å². The molecule has 2 aromatic carbocycles. The van der Waals surface area contributed by atoms with Gasteiger partial charge in [-0.25, -0.2) is 18.2 Å². The summed E-state index contributed by atoms with van der Waals surface area (Å²) in [6.07, 6.45) is 2.30. The summed E-state index contributed by atoms with van der Waals surface area (Å²) in [6.45, 7) is 5.89. The molecule has 9 heteroatoms. The number of morpholine rings is 1. The minimum atomic E-state index is -1.02. The normalized spacial score (nSPS) is 17.1. The van der Waals surface area contributed by atoms with Crippen LogP contribution in [0, 0.1) is 17.5 Å². The van der Waals surface area contributed by atoms with E-state index in [9.17, 15) is 9.18 Å². The van der Waals surface area contributed by atoms with E-state index in [1.54, 1.807) is 6.07 Å². The number of rotatable bonds is 7. The van der Waals surface area contributed by atoms with E-state index in [0.29, 0.717) is 43.8 Å². The molecule has 190 valence electrons. The van der Waals surface area contributed by atoms with Crippen molar-refractivity contribution >= 4 is 16.8 Å². The minimum Gasteiger partial charge on any atom is -0.379 e. The van der Waals surface area contributed by atoms with Crippen LogP contribution in [0.15, 0.2) is 36.4 Å². The van der Waals surface area contributed by atoms with Gasteiger partial charge in [0.1, 0.15) is 5.82 Å². The van der Waals surface area contributed by atoms with Gasteiger partial charge in [0.05, 0.1) is 30.0 Å². The van der Waals surface area contributed by atoms with Crippen molar-refractivity contribution in [1.82, 2.24) is 20.1 Å². The first kappa shape index (κ1) is 24.7. The summed E-state index contributed by atoms with van der Waals surface area (Å²) in [5, 5.41) is 3.20. The molecular weight excluding hydrogens is 469 g/mol. The third kappa shape index (κ3) is 5.38. The molecule has 1 amide bonds. The number of nitrogens with zero attached hydrogens (tertiary/aromatic N) is 3. The number of amides is 1. The lowest BCUT2D eigenvalue weighted by atomic mass is 10.0. The van der Waals surface area contributed by atoms with Crippen LogP contribution in [0.1, 0.15) is 28.8 Å². The molecule has 3 aromatic rings. The van der Waals surface area contributed by atoms with Crippen LogP contribution in [0.5, 0.6) is 0 Å². The van der Waals surface area contributed by atoms with Crippen molar-refractivity contribution in [1.29, 1.82) is 0 Å². The van der Waals surface area contributed by atoms with Crippen LogP contribution < -0.4 is 5.32 Å². The van der Waals surface area contributed by atoms with Gasteiger partial charge in [0.25, 0.3) is 5.91 Å². The molecule has 6 nitrogen and oxygen atoms in total. The molecule has 0 saturated carbocycles. The molecule has 3 heterocycles. The number of aromatic nitrogens is 1. The van der Waals surface area contributed by atoms with Crippen molar-refractivity contribution in [3.8, 4) is 11.3 Å². The molecule has 1 N–H and O–H groups in total. The number of halogens is 3. The predicted octanol–water partition coefficient (Wildman–Crippen LogP) is 3.98. The van der Waals surface area contributed by atoms with Gasteiger partial charge in [-0.05, 0) is 56.3 Å². The predicted molar refractivity (Wildman–Crippen MR) is 131 cm³/mol. The van der Waals surface area contributed by atoms with Crippen LogP contribution in [0.2, 0.25) is 0 Å². The fourth-order valence-electron chi connectivity index (χ4n) is 4.86. The van der Waals surface area contributed by atoms with Crippen LogP contribution >= 0.6 is 0 Å². The Hall–Kier alpha value is -3.01. The fourth-order valence-corrected chi connectivity index (χ4v) is 4.86. The van der Waals surface area contributed by atoms with Gasteiger partial charge in [0, 0.05) is 49.2 Å². The van der Waals surface area contributed by atoms with E-state index >= 15 is 8.78 Å². The van der Waals surface area contributed by atoms with Crippen molar-refractivity contribution in [2.24, 2.45) is 0 Å². The number of carbonyl (C=O) groups is 1. The third-order valence-electron chi connectivity index (χ3n) is 6.86. The van der Waals surface area contributed by atoms with Crippen LogP contribution in [0.25, 0.3) is 22.2 Å². The summed E-state index contributed by atoms with van der Waals surface area (Å²) in [6, 6.07) is 8.36. The van der Waals surface area contributed by atoms with Gasteiger partial charge in [-0.3, -0.25) is 9.69 Å². The van der Waals surface area contributed by atoms with Crippen LogP contribution in [-0.4, -0.2) is 73.2 Å². The molecule has 0 atom stereocenters. The smallest absolute Gasteiger partial charge is 0.252 e. The topological polar surface area (TPSA) is 57.7 Å². The number of hydrogen-bond acceptors (Lipinski definition) is 5. The largest absolute Gasteiger partial charge is 0.379 e. The number of ether oxygens (including phenoxy) is 1. The highest BCUT2D eigenvalue weighted by Gasteiger charge is 2.21. The first-order valence-electron chi connectivity index (χ1n) is 12.4. The minimum absolute atomic E-state index is 0.0458. The highest BCUT2D eigenvalue weighted by molar-refractivity contribution is 6.07. The highest BCUT2D eigenvalue weighted by atomic mass is 19.2. The van der Waals surface area contributed by atoms with E-state index in [1.807, 2.05) is 4.90 Å². The molecule has 5 rings (SSSR count). The standard InChI is InChI=1S/C27H29F3N4O2/c28-19-4-6-23-21(15-19)22(27(35)31-7-10-33-8-1-2-9-33)16-24(32-23)20-5-3-18(25(29)26(20)30)17-34-11-13-36-14-12-34/h3-6,15-16H,1-2,7-14,17H2,(H,31,35). The van der Waals surface area contributed by atoms with Gasteiger partial charge in [-0.15, -0.1) is 0 Å². The van der Waals surface area contributed by atoms with Gasteiger partial charge < -0.3 is 15.0 Å². The zero-order chi connectivity index (χ0) is 25.1. The Morgan fingerprint density at radius 1 is 0.944 bits per heavy atom. The molecule has 2 aliphatic rings. The van der Waals surface area contributed by atoms with Crippen molar-refractivity contribution in [2.75, 3.05) is 52.5 Å². The van der Waals surface area contributed by atoms with Gasteiger partial charge in [0.15, 0.2) is 11.6 Å². The summed E-state index contributed by atoms with van der Waals surface area (Å²) < 4.78 is 49.6. The molecule has 0 unspecified atom stereocenters. The van der Waals surface area contributed by atoms with Gasteiger partial charge in [-0.1, -0.05) is 6.07 Å². The zero-order valence-electron chi connectivity index (χ0n) is 20.0. The average molecular weight is 499 g/mol. The molecule has 36 heavy (non-hydrogen) atoms. The lowest BCUT2D eigenvalue weighted by Crippen LogP contribution is -2.35. The summed E-state index contributed by atoms with van der Waals surface area (Å²) in [7, 11) is 0. The van der Waals surface area contributed by atoms with E-state index in [4.69, 9.17) is 4.74 Å². The Labute approximate surface area is 208 Å². The summed E-state index contributed by atoms with van der Waals surface area (Å²) in [5.74, 6) is -2.86. The van der Waals surface area contributed by atoms with E-state index in [-0.39, 0.29) is 28.9 Å². The maximum Gasteiger partial charge on any atom is 0.252 e. The van der Waals surface area contributed by atoms with Gasteiger partial charge >= 0.3 is 0 Å². The lowest BCUT2D eigenvalue weighted by Gasteiger charge is -2.26. The Morgan fingerprint density at radius 2 is 1.72 bits per heavy atom. The molecule has 2 saturated heterocycles. The monoisotopic (exact) mass is 498 g/mol. The molecule has 2 aliphatic heterocycles. The van der Waals surface area contributed by atoms with Gasteiger partial charge in [-0.2, -0.15) is 0 Å².